The molecule has 7 rings (SSSR count). The first-order valence-corrected chi connectivity index (χ1v) is 11.8. The molecule has 2 bridgehead atoms. The van der Waals surface area contributed by atoms with Crippen LogP contribution in [0.15, 0.2) is 30.6 Å². The fraction of sp³-hybridized carbons (Fsp3) is 0.565. The van der Waals surface area contributed by atoms with Crippen LogP contribution in [0, 0.1) is 0 Å². The van der Waals surface area contributed by atoms with Crippen LogP contribution in [0.4, 0.5) is 14.5 Å². The van der Waals surface area contributed by atoms with Crippen molar-refractivity contribution in [3.63, 3.8) is 0 Å². The second-order valence-corrected chi connectivity index (χ2v) is 10.4. The topological polar surface area (TPSA) is 88.9 Å². The Balaban J connectivity index is 1.05. The summed E-state index contributed by atoms with van der Waals surface area (Å²) in [4.78, 5) is 14.9. The summed E-state index contributed by atoms with van der Waals surface area (Å²) in [5.74, 6) is 0.251. The molecular formula is C23H25ClF2N4O4. The van der Waals surface area contributed by atoms with Crippen molar-refractivity contribution in [1.82, 2.24) is 15.1 Å². The van der Waals surface area contributed by atoms with Crippen molar-refractivity contribution in [3.8, 4) is 5.75 Å². The maximum absolute atomic E-state index is 12.9. The number of aliphatic hydroxyl groups is 1. The summed E-state index contributed by atoms with van der Waals surface area (Å²) < 4.78 is 37.4. The molecule has 182 valence electrons. The zero-order chi connectivity index (χ0) is 23.7. The summed E-state index contributed by atoms with van der Waals surface area (Å²) in [6.45, 7) is -1.68. The zero-order valence-corrected chi connectivity index (χ0v) is 19.0. The highest BCUT2D eigenvalue weighted by Crippen LogP contribution is 2.65. The smallest absolute Gasteiger partial charge is 0.345 e. The number of amides is 1. The third-order valence-corrected chi connectivity index (χ3v) is 7.82. The molecule has 1 aromatic carbocycles. The predicted molar refractivity (Wildman–Crippen MR) is 118 cm³/mol. The Kier molecular flexibility index (Phi) is 5.06. The Bertz CT molecular complexity index is 1110. The average molecular weight is 495 g/mol. The van der Waals surface area contributed by atoms with Crippen molar-refractivity contribution >= 4 is 23.2 Å². The van der Waals surface area contributed by atoms with Gasteiger partial charge >= 0.3 is 6.61 Å². The van der Waals surface area contributed by atoms with Crippen molar-refractivity contribution in [3.05, 3.63) is 41.2 Å². The molecule has 11 heteroatoms. The first-order valence-electron chi connectivity index (χ1n) is 11.4. The van der Waals surface area contributed by atoms with E-state index in [1.165, 1.54) is 0 Å². The van der Waals surface area contributed by atoms with E-state index >= 15 is 0 Å². The van der Waals surface area contributed by atoms with Gasteiger partial charge in [-0.3, -0.25) is 9.48 Å². The third kappa shape index (κ3) is 3.63. The van der Waals surface area contributed by atoms with Crippen molar-refractivity contribution in [2.45, 2.75) is 68.1 Å². The minimum absolute atomic E-state index is 0.125. The van der Waals surface area contributed by atoms with E-state index in [2.05, 4.69) is 15.2 Å². The van der Waals surface area contributed by atoms with Crippen LogP contribution in [0.3, 0.4) is 0 Å². The maximum atomic E-state index is 12.9. The van der Waals surface area contributed by atoms with E-state index in [1.807, 2.05) is 15.8 Å². The number of aliphatic hydroxyl groups excluding tert-OH is 1. The molecule has 5 aliphatic rings. The summed E-state index contributed by atoms with van der Waals surface area (Å²) >= 11 is 6.00. The highest BCUT2D eigenvalue weighted by atomic mass is 35.5. The van der Waals surface area contributed by atoms with Gasteiger partial charge in [-0.05, 0) is 43.9 Å². The first-order chi connectivity index (χ1) is 16.2. The Morgan fingerprint density at radius 1 is 1.35 bits per heavy atom. The van der Waals surface area contributed by atoms with Crippen molar-refractivity contribution in [2.24, 2.45) is 0 Å². The molecule has 3 aliphatic carbocycles. The molecule has 0 spiro atoms. The fourth-order valence-corrected chi connectivity index (χ4v) is 6.17. The minimum atomic E-state index is -2.75. The largest absolute Gasteiger partial charge is 0.480 e. The van der Waals surface area contributed by atoms with Crippen molar-refractivity contribution in [2.75, 3.05) is 18.0 Å². The first kappa shape index (κ1) is 22.1. The van der Waals surface area contributed by atoms with Crippen LogP contribution in [0.25, 0.3) is 0 Å². The summed E-state index contributed by atoms with van der Waals surface area (Å²) in [5.41, 5.74) is 1.09. The van der Waals surface area contributed by atoms with E-state index in [4.69, 9.17) is 16.3 Å². The number of carbonyl (C=O) groups is 1. The summed E-state index contributed by atoms with van der Waals surface area (Å²) in [6, 6.07) is 5.01. The minimum Gasteiger partial charge on any atom is -0.480 e. The zero-order valence-electron chi connectivity index (χ0n) is 18.3. The number of hydrogen-bond donors (Lipinski definition) is 2. The number of fused-ring (bicyclic) bond motifs is 1. The summed E-state index contributed by atoms with van der Waals surface area (Å²) in [6.07, 6.45) is 4.72. The lowest BCUT2D eigenvalue weighted by Gasteiger charge is -2.70. The van der Waals surface area contributed by atoms with Crippen LogP contribution in [0.5, 0.6) is 5.75 Å². The van der Waals surface area contributed by atoms with Gasteiger partial charge in [0.1, 0.15) is 5.75 Å². The molecule has 3 atom stereocenters. The molecule has 3 heterocycles. The molecule has 1 aromatic heterocycles. The molecule has 2 aromatic rings. The molecule has 3 saturated carbocycles. The molecule has 2 N–H and O–H groups in total. The quantitative estimate of drug-likeness (QED) is 0.642. The molecule has 2 aliphatic heterocycles. The van der Waals surface area contributed by atoms with Gasteiger partial charge < -0.3 is 24.8 Å². The van der Waals surface area contributed by atoms with Crippen molar-refractivity contribution in [1.29, 1.82) is 0 Å². The van der Waals surface area contributed by atoms with Crippen LogP contribution >= 0.6 is 11.6 Å². The third-order valence-electron chi connectivity index (χ3n) is 7.58. The van der Waals surface area contributed by atoms with Gasteiger partial charge in [0.05, 0.1) is 29.6 Å². The second-order valence-electron chi connectivity index (χ2n) is 9.96. The van der Waals surface area contributed by atoms with E-state index < -0.39 is 24.9 Å². The summed E-state index contributed by atoms with van der Waals surface area (Å²) in [7, 11) is 0. The second kappa shape index (κ2) is 7.79. The van der Waals surface area contributed by atoms with Crippen molar-refractivity contribution < 1.29 is 28.2 Å². The molecule has 8 nitrogen and oxygen atoms in total. The standard InChI is InChI=1S/C23H25ClF2N4O4/c24-13-1-2-18-16(5-13)17(31)6-19(34-18)20(32)28-22-10-23(11-22,12-22)30-8-14(7-27-30)29-4-3-15(9-29)33-21(25)26/h1-2,5,7-8,15,17,19,21,31H,3-4,6,9-12H2,(H,28,32)/t15-,17-,19-,22?,23?/m1/s1. The number of halogens is 3. The van der Waals surface area contributed by atoms with Crippen LogP contribution in [0.2, 0.25) is 5.02 Å². The molecule has 1 saturated heterocycles. The highest BCUT2D eigenvalue weighted by Gasteiger charge is 2.70. The normalized spacial score (nSPS) is 33.7. The predicted octanol–water partition coefficient (Wildman–Crippen LogP) is 2.99. The van der Waals surface area contributed by atoms with Crippen LogP contribution in [-0.2, 0) is 15.1 Å². The number of aromatic nitrogens is 2. The van der Waals surface area contributed by atoms with Gasteiger partial charge in [-0.25, -0.2) is 0 Å². The van der Waals surface area contributed by atoms with Crippen LogP contribution < -0.4 is 15.0 Å². The van der Waals surface area contributed by atoms with Gasteiger partial charge in [0, 0.05) is 41.8 Å². The number of anilines is 1. The van der Waals surface area contributed by atoms with Gasteiger partial charge in [-0.15, -0.1) is 0 Å². The number of rotatable bonds is 6. The number of nitrogens with zero attached hydrogens (tertiary/aromatic N) is 3. The number of nitrogens with one attached hydrogen (secondary N) is 1. The monoisotopic (exact) mass is 494 g/mol. The Hall–Kier alpha value is -2.43. The molecule has 4 fully saturated rings. The maximum Gasteiger partial charge on any atom is 0.345 e. The number of ether oxygens (including phenoxy) is 2. The number of benzene rings is 1. The van der Waals surface area contributed by atoms with E-state index in [9.17, 15) is 18.7 Å². The van der Waals surface area contributed by atoms with Gasteiger partial charge in [0.2, 0.25) is 0 Å². The average Bonchev–Trinajstić information content (AvgIpc) is 3.39. The lowest BCUT2D eigenvalue weighted by atomic mass is 9.44. The molecule has 1 amide bonds. The molecular weight excluding hydrogens is 470 g/mol. The Labute approximate surface area is 199 Å². The number of hydrogen-bond acceptors (Lipinski definition) is 6. The van der Waals surface area contributed by atoms with Crippen LogP contribution in [0.1, 0.15) is 43.8 Å². The fourth-order valence-electron chi connectivity index (χ4n) is 5.99. The summed E-state index contributed by atoms with van der Waals surface area (Å²) in [5, 5.41) is 18.6. The van der Waals surface area contributed by atoms with E-state index in [1.54, 1.807) is 24.4 Å². The van der Waals surface area contributed by atoms with E-state index in [-0.39, 0.29) is 23.4 Å². The van der Waals surface area contributed by atoms with Crippen LogP contribution in [-0.4, -0.2) is 58.2 Å². The van der Waals surface area contributed by atoms with E-state index in [0.717, 1.165) is 24.9 Å². The number of alkyl halides is 2. The molecule has 0 radical (unpaired) electrons. The lowest BCUT2D eigenvalue weighted by molar-refractivity contribution is -0.165. The highest BCUT2D eigenvalue weighted by molar-refractivity contribution is 6.30. The van der Waals surface area contributed by atoms with E-state index in [0.29, 0.717) is 35.8 Å². The SMILES string of the molecule is O=C(NC12CC(n3cc(N4CC[C@@H](OC(F)F)C4)cn3)(C1)C2)[C@H]1C[C@@H](O)c2cc(Cl)ccc2O1. The van der Waals surface area contributed by atoms with Gasteiger partial charge in [-0.1, -0.05) is 11.6 Å². The van der Waals surface area contributed by atoms with Gasteiger partial charge in [0.15, 0.2) is 6.10 Å². The molecule has 34 heavy (non-hydrogen) atoms. The Morgan fingerprint density at radius 3 is 2.91 bits per heavy atom. The van der Waals surface area contributed by atoms with Gasteiger partial charge in [0.25, 0.3) is 5.91 Å². The number of carbonyl (C=O) groups excluding carboxylic acids is 1. The Morgan fingerprint density at radius 2 is 2.15 bits per heavy atom. The van der Waals surface area contributed by atoms with Gasteiger partial charge in [-0.2, -0.15) is 13.9 Å². The lowest BCUT2D eigenvalue weighted by Crippen LogP contribution is -2.79. The molecule has 0 unspecified atom stereocenters.